The van der Waals surface area contributed by atoms with Gasteiger partial charge in [-0.15, -0.1) is 5.10 Å². The SMILES string of the molecule is COCC(O)CNc1nn(C)cc1[N+](=O)[O-]. The van der Waals surface area contributed by atoms with Crippen molar-refractivity contribution < 1.29 is 14.8 Å². The molecule has 2 N–H and O–H groups in total. The zero-order valence-electron chi connectivity index (χ0n) is 9.08. The molecule has 8 heteroatoms. The lowest BCUT2D eigenvalue weighted by Crippen LogP contribution is -2.24. The molecule has 1 unspecified atom stereocenters. The van der Waals surface area contributed by atoms with Crippen LogP contribution < -0.4 is 5.32 Å². The van der Waals surface area contributed by atoms with E-state index in [9.17, 15) is 15.2 Å². The second-order valence-electron chi connectivity index (χ2n) is 3.28. The lowest BCUT2D eigenvalue weighted by Gasteiger charge is -2.09. The monoisotopic (exact) mass is 230 g/mol. The van der Waals surface area contributed by atoms with Crippen LogP contribution >= 0.6 is 0 Å². The van der Waals surface area contributed by atoms with Crippen molar-refractivity contribution in [1.29, 1.82) is 0 Å². The van der Waals surface area contributed by atoms with Gasteiger partial charge in [0.05, 0.1) is 17.6 Å². The van der Waals surface area contributed by atoms with Gasteiger partial charge in [-0.1, -0.05) is 0 Å². The maximum Gasteiger partial charge on any atom is 0.330 e. The van der Waals surface area contributed by atoms with E-state index in [4.69, 9.17) is 4.74 Å². The lowest BCUT2D eigenvalue weighted by atomic mass is 10.3. The number of aromatic nitrogens is 2. The lowest BCUT2D eigenvalue weighted by molar-refractivity contribution is -0.384. The number of aliphatic hydroxyl groups is 1. The number of aryl methyl sites for hydroxylation is 1. The number of aliphatic hydroxyl groups excluding tert-OH is 1. The molecule has 0 saturated carbocycles. The highest BCUT2D eigenvalue weighted by Gasteiger charge is 2.18. The van der Waals surface area contributed by atoms with E-state index in [1.165, 1.54) is 18.0 Å². The molecule has 0 bridgehead atoms. The van der Waals surface area contributed by atoms with Gasteiger partial charge in [-0.2, -0.15) is 0 Å². The molecular formula is C8H14N4O4. The Kier molecular flexibility index (Phi) is 4.20. The standard InChI is InChI=1S/C8H14N4O4/c1-11-4-7(12(14)15)8(10-11)9-3-6(13)5-16-2/h4,6,13H,3,5H2,1-2H3,(H,9,10). The summed E-state index contributed by atoms with van der Waals surface area (Å²) in [7, 11) is 3.05. The first-order valence-electron chi connectivity index (χ1n) is 4.63. The molecule has 0 radical (unpaired) electrons. The Morgan fingerprint density at radius 2 is 2.50 bits per heavy atom. The van der Waals surface area contributed by atoms with Crippen LogP contribution in [0.4, 0.5) is 11.5 Å². The molecule has 0 aliphatic rings. The number of nitro groups is 1. The Labute approximate surface area is 92.0 Å². The van der Waals surface area contributed by atoms with Gasteiger partial charge in [-0.25, -0.2) is 0 Å². The number of hydrogen-bond acceptors (Lipinski definition) is 6. The van der Waals surface area contributed by atoms with Crippen molar-refractivity contribution in [2.24, 2.45) is 7.05 Å². The summed E-state index contributed by atoms with van der Waals surface area (Å²) in [6.45, 7) is 0.305. The van der Waals surface area contributed by atoms with Crippen molar-refractivity contribution in [1.82, 2.24) is 9.78 Å². The number of ether oxygens (including phenoxy) is 1. The second kappa shape index (κ2) is 5.42. The largest absolute Gasteiger partial charge is 0.389 e. The Morgan fingerprint density at radius 1 is 1.81 bits per heavy atom. The number of methoxy groups -OCH3 is 1. The number of hydrogen-bond donors (Lipinski definition) is 2. The van der Waals surface area contributed by atoms with E-state index in [0.717, 1.165) is 0 Å². The van der Waals surface area contributed by atoms with Crippen molar-refractivity contribution >= 4 is 11.5 Å². The summed E-state index contributed by atoms with van der Waals surface area (Å²) < 4.78 is 6.06. The normalized spacial score (nSPS) is 12.4. The van der Waals surface area contributed by atoms with Crippen molar-refractivity contribution in [3.8, 4) is 0 Å². The van der Waals surface area contributed by atoms with E-state index in [1.807, 2.05) is 0 Å². The molecule has 0 amide bonds. The van der Waals surface area contributed by atoms with Crippen LogP contribution in [0.2, 0.25) is 0 Å². The first kappa shape index (κ1) is 12.4. The molecule has 0 saturated heterocycles. The van der Waals surface area contributed by atoms with Crippen LogP contribution in [0.15, 0.2) is 6.20 Å². The van der Waals surface area contributed by atoms with E-state index in [1.54, 1.807) is 7.05 Å². The van der Waals surface area contributed by atoms with Gasteiger partial charge in [0.15, 0.2) is 0 Å². The minimum absolute atomic E-state index is 0.118. The van der Waals surface area contributed by atoms with Crippen molar-refractivity contribution in [3.05, 3.63) is 16.3 Å². The van der Waals surface area contributed by atoms with Gasteiger partial charge in [0, 0.05) is 20.7 Å². The molecule has 1 aromatic rings. The van der Waals surface area contributed by atoms with Gasteiger partial charge < -0.3 is 15.2 Å². The summed E-state index contributed by atoms with van der Waals surface area (Å²) in [6.07, 6.45) is 0.567. The summed E-state index contributed by atoms with van der Waals surface area (Å²) in [4.78, 5) is 10.1. The first-order chi connectivity index (χ1) is 7.54. The minimum atomic E-state index is -0.730. The van der Waals surface area contributed by atoms with Crippen molar-refractivity contribution in [2.75, 3.05) is 25.6 Å². The summed E-state index contributed by atoms with van der Waals surface area (Å²) in [5.41, 5.74) is -0.118. The van der Waals surface area contributed by atoms with Gasteiger partial charge in [-0.05, 0) is 0 Å². The van der Waals surface area contributed by atoms with E-state index in [2.05, 4.69) is 10.4 Å². The van der Waals surface area contributed by atoms with Crippen LogP contribution in [0, 0.1) is 10.1 Å². The number of nitrogens with one attached hydrogen (secondary N) is 1. The van der Waals surface area contributed by atoms with Crippen LogP contribution in [0.5, 0.6) is 0 Å². The molecule has 8 nitrogen and oxygen atoms in total. The van der Waals surface area contributed by atoms with Crippen LogP contribution in [0.25, 0.3) is 0 Å². The molecule has 90 valence electrons. The van der Waals surface area contributed by atoms with E-state index < -0.39 is 11.0 Å². The topological polar surface area (TPSA) is 102 Å². The Balaban J connectivity index is 2.62. The third-order valence-electron chi connectivity index (χ3n) is 1.87. The number of rotatable bonds is 6. The van der Waals surface area contributed by atoms with Gasteiger partial charge in [0.2, 0.25) is 5.82 Å². The molecule has 16 heavy (non-hydrogen) atoms. The first-order valence-corrected chi connectivity index (χ1v) is 4.63. The Morgan fingerprint density at radius 3 is 3.06 bits per heavy atom. The average Bonchev–Trinajstić information content (AvgIpc) is 2.57. The molecule has 0 aliphatic carbocycles. The van der Waals surface area contributed by atoms with Crippen molar-refractivity contribution in [3.63, 3.8) is 0 Å². The van der Waals surface area contributed by atoms with Crippen LogP contribution in [0.3, 0.4) is 0 Å². The molecule has 1 aromatic heterocycles. The Bertz CT molecular complexity index is 365. The zero-order valence-corrected chi connectivity index (χ0v) is 9.08. The maximum atomic E-state index is 10.6. The fourth-order valence-electron chi connectivity index (χ4n) is 1.20. The van der Waals surface area contributed by atoms with E-state index >= 15 is 0 Å². The molecule has 0 aliphatic heterocycles. The van der Waals surface area contributed by atoms with Gasteiger partial charge in [0.1, 0.15) is 6.20 Å². The average molecular weight is 230 g/mol. The quantitative estimate of drug-likeness (QED) is 0.516. The molecule has 0 fully saturated rings. The summed E-state index contributed by atoms with van der Waals surface area (Å²) in [5.74, 6) is 0.141. The zero-order chi connectivity index (χ0) is 12.1. The van der Waals surface area contributed by atoms with E-state index in [-0.39, 0.29) is 24.7 Å². The molecule has 1 rings (SSSR count). The molecule has 1 atom stereocenters. The van der Waals surface area contributed by atoms with Gasteiger partial charge >= 0.3 is 5.69 Å². The van der Waals surface area contributed by atoms with Gasteiger partial charge in [-0.3, -0.25) is 14.8 Å². The highest BCUT2D eigenvalue weighted by Crippen LogP contribution is 2.20. The third-order valence-corrected chi connectivity index (χ3v) is 1.87. The molecular weight excluding hydrogens is 216 g/mol. The predicted octanol–water partition coefficient (Wildman–Crippen LogP) is -0.253. The van der Waals surface area contributed by atoms with E-state index in [0.29, 0.717) is 0 Å². The Hall–Kier alpha value is -1.67. The predicted molar refractivity (Wildman–Crippen MR) is 56.2 cm³/mol. The highest BCUT2D eigenvalue weighted by atomic mass is 16.6. The summed E-state index contributed by atoms with van der Waals surface area (Å²) in [5, 5.41) is 26.6. The van der Waals surface area contributed by atoms with Crippen LogP contribution in [-0.4, -0.2) is 46.2 Å². The van der Waals surface area contributed by atoms with Crippen LogP contribution in [0.1, 0.15) is 0 Å². The smallest absolute Gasteiger partial charge is 0.330 e. The maximum absolute atomic E-state index is 10.6. The second-order valence-corrected chi connectivity index (χ2v) is 3.28. The molecule has 1 heterocycles. The minimum Gasteiger partial charge on any atom is -0.389 e. The number of anilines is 1. The summed E-state index contributed by atoms with van der Waals surface area (Å²) >= 11 is 0. The van der Waals surface area contributed by atoms with Crippen molar-refractivity contribution in [2.45, 2.75) is 6.10 Å². The summed E-state index contributed by atoms with van der Waals surface area (Å²) in [6, 6.07) is 0. The third kappa shape index (κ3) is 3.17. The molecule has 0 aromatic carbocycles. The number of nitrogens with zero attached hydrogens (tertiary/aromatic N) is 3. The highest BCUT2D eigenvalue weighted by molar-refractivity contribution is 5.54. The van der Waals surface area contributed by atoms with Gasteiger partial charge in [0.25, 0.3) is 0 Å². The fraction of sp³-hybridized carbons (Fsp3) is 0.625. The van der Waals surface area contributed by atoms with Crippen LogP contribution in [-0.2, 0) is 11.8 Å². The fourth-order valence-corrected chi connectivity index (χ4v) is 1.20. The molecule has 0 spiro atoms.